The molecule has 2 saturated heterocycles. The summed E-state index contributed by atoms with van der Waals surface area (Å²) in [4.78, 5) is 2.37. The van der Waals surface area contributed by atoms with Crippen LogP contribution < -0.4 is 0 Å². The third kappa shape index (κ3) is 1.74. The van der Waals surface area contributed by atoms with Gasteiger partial charge in [0.1, 0.15) is 0 Å². The van der Waals surface area contributed by atoms with Crippen molar-refractivity contribution < 1.29 is 9.47 Å². The third-order valence-electron chi connectivity index (χ3n) is 2.50. The van der Waals surface area contributed by atoms with Gasteiger partial charge in [-0.1, -0.05) is 0 Å². The molecule has 70 valence electrons. The van der Waals surface area contributed by atoms with Crippen LogP contribution in [0.4, 0.5) is 0 Å². The van der Waals surface area contributed by atoms with Crippen LogP contribution in [0.2, 0.25) is 0 Å². The van der Waals surface area contributed by atoms with Crippen molar-refractivity contribution >= 4 is 11.6 Å². The van der Waals surface area contributed by atoms with Gasteiger partial charge in [0.25, 0.3) is 0 Å². The Morgan fingerprint density at radius 1 is 1.08 bits per heavy atom. The lowest BCUT2D eigenvalue weighted by molar-refractivity contribution is 0.0147. The van der Waals surface area contributed by atoms with Gasteiger partial charge in [0.15, 0.2) is 0 Å². The Morgan fingerprint density at radius 3 is 2.42 bits per heavy atom. The Bertz CT molecular complexity index is 150. The topological polar surface area (TPSA) is 21.7 Å². The fourth-order valence-corrected chi connectivity index (χ4v) is 2.08. The van der Waals surface area contributed by atoms with Crippen molar-refractivity contribution in [2.24, 2.45) is 0 Å². The molecule has 2 heterocycles. The van der Waals surface area contributed by atoms with Crippen LogP contribution in [0.1, 0.15) is 0 Å². The van der Waals surface area contributed by atoms with E-state index in [1.165, 1.54) is 0 Å². The zero-order chi connectivity index (χ0) is 8.39. The maximum Gasteiger partial charge on any atom is 0.0747 e. The monoisotopic (exact) mass is 191 g/mol. The fraction of sp³-hybridized carbons (Fsp3) is 1.00. The van der Waals surface area contributed by atoms with Gasteiger partial charge in [-0.2, -0.15) is 0 Å². The Labute approximate surface area is 77.6 Å². The maximum atomic E-state index is 6.10. The van der Waals surface area contributed by atoms with Gasteiger partial charge in [-0.05, 0) is 0 Å². The first-order valence-corrected chi connectivity index (χ1v) is 4.85. The Balaban J connectivity index is 1.89. The molecule has 0 aliphatic carbocycles. The van der Waals surface area contributed by atoms with Crippen LogP contribution in [-0.4, -0.2) is 55.8 Å². The van der Waals surface area contributed by atoms with Gasteiger partial charge in [-0.15, -0.1) is 11.6 Å². The molecule has 2 aliphatic heterocycles. The van der Waals surface area contributed by atoms with Crippen LogP contribution >= 0.6 is 11.6 Å². The fourth-order valence-electron chi connectivity index (χ4n) is 1.76. The van der Waals surface area contributed by atoms with Crippen molar-refractivity contribution in [3.8, 4) is 0 Å². The lowest BCUT2D eigenvalue weighted by Crippen LogP contribution is -2.47. The summed E-state index contributed by atoms with van der Waals surface area (Å²) in [5, 5.41) is 0.170. The summed E-state index contributed by atoms with van der Waals surface area (Å²) in [7, 11) is 0. The predicted octanol–water partition coefficient (Wildman–Crippen LogP) is 0.325. The highest BCUT2D eigenvalue weighted by Gasteiger charge is 2.32. The number of hydrogen-bond acceptors (Lipinski definition) is 3. The van der Waals surface area contributed by atoms with Gasteiger partial charge >= 0.3 is 0 Å². The minimum atomic E-state index is 0.170. The van der Waals surface area contributed by atoms with Crippen molar-refractivity contribution in [1.29, 1.82) is 0 Å². The molecule has 0 aromatic rings. The van der Waals surface area contributed by atoms with Crippen molar-refractivity contribution in [2.75, 3.05) is 39.5 Å². The van der Waals surface area contributed by atoms with Crippen LogP contribution in [0, 0.1) is 0 Å². The Morgan fingerprint density at radius 2 is 1.83 bits per heavy atom. The summed E-state index contributed by atoms with van der Waals surface area (Å²) < 4.78 is 10.6. The molecule has 2 rings (SSSR count). The highest BCUT2D eigenvalue weighted by atomic mass is 35.5. The summed E-state index contributed by atoms with van der Waals surface area (Å²) in [6.07, 6.45) is 0. The molecule has 0 bridgehead atoms. The van der Waals surface area contributed by atoms with E-state index < -0.39 is 0 Å². The average molecular weight is 192 g/mol. The molecular weight excluding hydrogens is 178 g/mol. The molecule has 4 heteroatoms. The largest absolute Gasteiger partial charge is 0.379 e. The van der Waals surface area contributed by atoms with Gasteiger partial charge in [0.2, 0.25) is 0 Å². The van der Waals surface area contributed by atoms with Crippen molar-refractivity contribution in [1.82, 2.24) is 4.90 Å². The molecule has 0 radical (unpaired) electrons. The highest BCUT2D eigenvalue weighted by molar-refractivity contribution is 6.21. The number of morpholine rings is 1. The highest BCUT2D eigenvalue weighted by Crippen LogP contribution is 2.19. The van der Waals surface area contributed by atoms with E-state index in [1.54, 1.807) is 0 Å². The standard InChI is InChI=1S/C8H14ClNO2/c9-7-5-12-6-8(7)10-1-3-11-4-2-10/h7-8H,1-6H2/t7-,8-/m0/s1. The smallest absolute Gasteiger partial charge is 0.0747 e. The van der Waals surface area contributed by atoms with Crippen molar-refractivity contribution in [2.45, 2.75) is 11.4 Å². The van der Waals surface area contributed by atoms with E-state index in [4.69, 9.17) is 21.1 Å². The van der Waals surface area contributed by atoms with Gasteiger partial charge in [0, 0.05) is 13.1 Å². The van der Waals surface area contributed by atoms with Crippen molar-refractivity contribution in [3.05, 3.63) is 0 Å². The van der Waals surface area contributed by atoms with E-state index in [1.807, 2.05) is 0 Å². The zero-order valence-electron chi connectivity index (χ0n) is 7.04. The number of rotatable bonds is 1. The number of nitrogens with zero attached hydrogens (tertiary/aromatic N) is 1. The Hall–Kier alpha value is 0.170. The predicted molar refractivity (Wildman–Crippen MR) is 46.6 cm³/mol. The third-order valence-corrected chi connectivity index (χ3v) is 2.91. The lowest BCUT2D eigenvalue weighted by Gasteiger charge is -2.32. The summed E-state index contributed by atoms with van der Waals surface area (Å²) in [6, 6.07) is 0.413. The van der Waals surface area contributed by atoms with Crippen LogP contribution in [0.25, 0.3) is 0 Å². The van der Waals surface area contributed by atoms with Crippen LogP contribution in [0.5, 0.6) is 0 Å². The summed E-state index contributed by atoms with van der Waals surface area (Å²) in [5.74, 6) is 0. The zero-order valence-corrected chi connectivity index (χ0v) is 7.79. The van der Waals surface area contributed by atoms with E-state index in [0.717, 1.165) is 32.9 Å². The first-order valence-electron chi connectivity index (χ1n) is 4.41. The molecule has 0 amide bonds. The van der Waals surface area contributed by atoms with Crippen molar-refractivity contribution in [3.63, 3.8) is 0 Å². The number of alkyl halides is 1. The van der Waals surface area contributed by atoms with Crippen LogP contribution in [0.3, 0.4) is 0 Å². The summed E-state index contributed by atoms with van der Waals surface area (Å²) in [5.41, 5.74) is 0. The number of halogens is 1. The van der Waals surface area contributed by atoms with E-state index in [2.05, 4.69) is 4.90 Å². The Kier molecular flexibility index (Phi) is 2.86. The molecule has 2 atom stereocenters. The molecule has 2 aliphatic rings. The first-order chi connectivity index (χ1) is 5.88. The van der Waals surface area contributed by atoms with E-state index in [0.29, 0.717) is 12.6 Å². The minimum absolute atomic E-state index is 0.170. The molecule has 2 fully saturated rings. The molecule has 0 aromatic carbocycles. The molecule has 12 heavy (non-hydrogen) atoms. The summed E-state index contributed by atoms with van der Waals surface area (Å²) >= 11 is 6.10. The number of hydrogen-bond donors (Lipinski definition) is 0. The number of ether oxygens (including phenoxy) is 2. The first kappa shape index (κ1) is 8.75. The average Bonchev–Trinajstić information content (AvgIpc) is 2.53. The quantitative estimate of drug-likeness (QED) is 0.558. The van der Waals surface area contributed by atoms with Gasteiger partial charge in [0.05, 0.1) is 37.8 Å². The van der Waals surface area contributed by atoms with E-state index in [-0.39, 0.29) is 5.38 Å². The van der Waals surface area contributed by atoms with E-state index >= 15 is 0 Å². The second kappa shape index (κ2) is 3.92. The van der Waals surface area contributed by atoms with Gasteiger partial charge in [-0.25, -0.2) is 0 Å². The molecule has 0 N–H and O–H groups in total. The maximum absolute atomic E-state index is 6.10. The molecule has 0 aromatic heterocycles. The lowest BCUT2D eigenvalue weighted by atomic mass is 10.2. The molecular formula is C8H14ClNO2. The second-order valence-corrected chi connectivity index (χ2v) is 3.83. The second-order valence-electron chi connectivity index (χ2n) is 3.27. The SMILES string of the molecule is Cl[C@H]1COC[C@@H]1N1CCOCC1. The summed E-state index contributed by atoms with van der Waals surface area (Å²) in [6.45, 7) is 5.15. The van der Waals surface area contributed by atoms with Crippen LogP contribution in [0.15, 0.2) is 0 Å². The van der Waals surface area contributed by atoms with E-state index in [9.17, 15) is 0 Å². The van der Waals surface area contributed by atoms with Gasteiger partial charge < -0.3 is 9.47 Å². The molecule has 3 nitrogen and oxygen atoms in total. The normalized spacial score (nSPS) is 38.8. The molecule has 0 unspecified atom stereocenters. The van der Waals surface area contributed by atoms with Crippen LogP contribution in [-0.2, 0) is 9.47 Å². The minimum Gasteiger partial charge on any atom is -0.379 e. The molecule has 0 saturated carbocycles. The van der Waals surface area contributed by atoms with Gasteiger partial charge in [-0.3, -0.25) is 4.90 Å². The molecule has 0 spiro atoms.